The maximum Gasteiger partial charge on any atom is 0.224 e. The lowest BCUT2D eigenvalue weighted by molar-refractivity contribution is -0.126. The van der Waals surface area contributed by atoms with E-state index in [0.29, 0.717) is 25.4 Å². The third-order valence-corrected chi connectivity index (χ3v) is 8.07. The molecule has 6 heteroatoms. The molecule has 2 fully saturated rings. The van der Waals surface area contributed by atoms with Crippen LogP contribution in [-0.4, -0.2) is 44.0 Å². The third-order valence-electron chi connectivity index (χ3n) is 6.15. The number of rotatable bonds is 8. The number of carbonyl (C=O) groups excluding carboxylic acids is 1. The van der Waals surface area contributed by atoms with Gasteiger partial charge >= 0.3 is 0 Å². The summed E-state index contributed by atoms with van der Waals surface area (Å²) in [5, 5.41) is 3.10. The summed E-state index contributed by atoms with van der Waals surface area (Å²) in [5.74, 6) is 0.577. The van der Waals surface area contributed by atoms with E-state index in [1.165, 1.54) is 32.1 Å². The molecule has 1 atom stereocenters. The SMILES string of the molecule is O=C(NCC1CCCCC1)[C@H]1CCCN(S(=O)(=O)CCCc2ccccc2)C1. The van der Waals surface area contributed by atoms with E-state index < -0.39 is 10.0 Å². The van der Waals surface area contributed by atoms with Crippen molar-refractivity contribution >= 4 is 15.9 Å². The van der Waals surface area contributed by atoms with Gasteiger partial charge in [-0.05, 0) is 50.0 Å². The first-order valence-electron chi connectivity index (χ1n) is 10.8. The van der Waals surface area contributed by atoms with Crippen molar-refractivity contribution < 1.29 is 13.2 Å². The first-order chi connectivity index (χ1) is 13.5. The summed E-state index contributed by atoms with van der Waals surface area (Å²) in [6.07, 6.45) is 9.16. The normalized spacial score (nSPS) is 22.1. The maximum atomic E-state index is 12.7. The number of hydrogen-bond donors (Lipinski definition) is 1. The number of hydrogen-bond acceptors (Lipinski definition) is 3. The van der Waals surface area contributed by atoms with E-state index in [-0.39, 0.29) is 17.6 Å². The number of amides is 1. The number of sulfonamides is 1. The summed E-state index contributed by atoms with van der Waals surface area (Å²) in [4.78, 5) is 12.6. The average molecular weight is 407 g/mol. The molecule has 1 N–H and O–H groups in total. The van der Waals surface area contributed by atoms with Gasteiger partial charge in [-0.3, -0.25) is 4.79 Å². The summed E-state index contributed by atoms with van der Waals surface area (Å²) >= 11 is 0. The lowest BCUT2D eigenvalue weighted by Gasteiger charge is -2.32. The van der Waals surface area contributed by atoms with Crippen LogP contribution in [-0.2, 0) is 21.2 Å². The maximum absolute atomic E-state index is 12.7. The molecule has 0 unspecified atom stereocenters. The van der Waals surface area contributed by atoms with Crippen molar-refractivity contribution in [2.75, 3.05) is 25.4 Å². The largest absolute Gasteiger partial charge is 0.356 e. The van der Waals surface area contributed by atoms with Gasteiger partial charge in [0, 0.05) is 19.6 Å². The molecule has 3 rings (SSSR count). The van der Waals surface area contributed by atoms with Gasteiger partial charge in [0.1, 0.15) is 0 Å². The fourth-order valence-electron chi connectivity index (χ4n) is 4.42. The molecule has 28 heavy (non-hydrogen) atoms. The predicted octanol–water partition coefficient (Wildman–Crippen LogP) is 3.36. The van der Waals surface area contributed by atoms with Crippen LogP contribution < -0.4 is 5.32 Å². The highest BCUT2D eigenvalue weighted by molar-refractivity contribution is 7.89. The summed E-state index contributed by atoms with van der Waals surface area (Å²) in [6, 6.07) is 9.98. The molecular formula is C22H34N2O3S. The van der Waals surface area contributed by atoms with Crippen molar-refractivity contribution in [2.45, 2.75) is 57.8 Å². The summed E-state index contributed by atoms with van der Waals surface area (Å²) in [5.41, 5.74) is 1.16. The van der Waals surface area contributed by atoms with Crippen LogP contribution in [0.1, 0.15) is 56.9 Å². The Kier molecular flexibility index (Phi) is 7.91. The summed E-state index contributed by atoms with van der Waals surface area (Å²) in [6.45, 7) is 1.63. The number of carbonyl (C=O) groups is 1. The number of piperidine rings is 1. The highest BCUT2D eigenvalue weighted by Gasteiger charge is 2.32. The Labute approximate surface area is 169 Å². The predicted molar refractivity (Wildman–Crippen MR) is 112 cm³/mol. The third kappa shape index (κ3) is 6.31. The summed E-state index contributed by atoms with van der Waals surface area (Å²) in [7, 11) is -3.30. The van der Waals surface area contributed by atoms with Gasteiger partial charge in [0.15, 0.2) is 0 Å². The quantitative estimate of drug-likeness (QED) is 0.720. The Bertz CT molecular complexity index is 715. The van der Waals surface area contributed by atoms with E-state index in [1.807, 2.05) is 30.3 Å². The molecule has 0 aromatic heterocycles. The number of aryl methyl sites for hydroxylation is 1. The lowest BCUT2D eigenvalue weighted by atomic mass is 9.89. The van der Waals surface area contributed by atoms with E-state index in [0.717, 1.165) is 31.4 Å². The van der Waals surface area contributed by atoms with Crippen molar-refractivity contribution in [3.63, 3.8) is 0 Å². The van der Waals surface area contributed by atoms with Crippen LogP contribution in [0.25, 0.3) is 0 Å². The van der Waals surface area contributed by atoms with Gasteiger partial charge in [-0.1, -0.05) is 49.6 Å². The number of nitrogens with one attached hydrogen (secondary N) is 1. The Hall–Kier alpha value is -1.40. The minimum atomic E-state index is -3.30. The average Bonchev–Trinajstić information content (AvgIpc) is 2.73. The van der Waals surface area contributed by atoms with E-state index in [4.69, 9.17) is 0 Å². The van der Waals surface area contributed by atoms with Gasteiger partial charge in [0.2, 0.25) is 15.9 Å². The molecule has 0 bridgehead atoms. The van der Waals surface area contributed by atoms with Crippen LogP contribution in [0.15, 0.2) is 30.3 Å². The molecule has 2 aliphatic rings. The first kappa shape index (κ1) is 21.3. The van der Waals surface area contributed by atoms with Crippen molar-refractivity contribution in [1.29, 1.82) is 0 Å². The van der Waals surface area contributed by atoms with Gasteiger partial charge in [-0.25, -0.2) is 12.7 Å². The highest BCUT2D eigenvalue weighted by Crippen LogP contribution is 2.24. The molecule has 1 aliphatic heterocycles. The first-order valence-corrected chi connectivity index (χ1v) is 12.4. The zero-order chi connectivity index (χ0) is 19.8. The van der Waals surface area contributed by atoms with Crippen molar-refractivity contribution in [3.05, 3.63) is 35.9 Å². The molecule has 5 nitrogen and oxygen atoms in total. The minimum absolute atomic E-state index is 0.0368. The Balaban J connectivity index is 1.45. The van der Waals surface area contributed by atoms with Crippen LogP contribution in [0.3, 0.4) is 0 Å². The molecule has 1 saturated heterocycles. The topological polar surface area (TPSA) is 66.5 Å². The van der Waals surface area contributed by atoms with Gasteiger partial charge in [-0.2, -0.15) is 0 Å². The molecule has 0 radical (unpaired) electrons. The Morgan fingerprint density at radius 1 is 1.04 bits per heavy atom. The fraction of sp³-hybridized carbons (Fsp3) is 0.682. The van der Waals surface area contributed by atoms with E-state index >= 15 is 0 Å². The molecule has 1 amide bonds. The van der Waals surface area contributed by atoms with Gasteiger partial charge < -0.3 is 5.32 Å². The van der Waals surface area contributed by atoms with E-state index in [2.05, 4.69) is 5.32 Å². The van der Waals surface area contributed by atoms with Crippen LogP contribution in [0.5, 0.6) is 0 Å². The van der Waals surface area contributed by atoms with Crippen molar-refractivity contribution in [1.82, 2.24) is 9.62 Å². The smallest absolute Gasteiger partial charge is 0.224 e. The lowest BCUT2D eigenvalue weighted by Crippen LogP contribution is -2.46. The van der Waals surface area contributed by atoms with Crippen LogP contribution in [0.2, 0.25) is 0 Å². The number of benzene rings is 1. The van der Waals surface area contributed by atoms with E-state index in [1.54, 1.807) is 4.31 Å². The summed E-state index contributed by atoms with van der Waals surface area (Å²) < 4.78 is 27.0. The van der Waals surface area contributed by atoms with E-state index in [9.17, 15) is 13.2 Å². The van der Waals surface area contributed by atoms with Crippen LogP contribution >= 0.6 is 0 Å². The molecule has 0 spiro atoms. The molecule has 156 valence electrons. The molecule has 1 aromatic rings. The standard InChI is InChI=1S/C22H34N2O3S/c25-22(23-17-20-11-5-2-6-12-20)21-14-7-15-24(18-21)28(26,27)16-8-13-19-9-3-1-4-10-19/h1,3-4,9-10,20-21H,2,5-8,11-18H2,(H,23,25)/t21-/m0/s1. The zero-order valence-corrected chi connectivity index (χ0v) is 17.6. The molecule has 1 aromatic carbocycles. The van der Waals surface area contributed by atoms with Crippen molar-refractivity contribution in [2.24, 2.45) is 11.8 Å². The molecular weight excluding hydrogens is 372 g/mol. The van der Waals surface area contributed by atoms with Crippen LogP contribution in [0.4, 0.5) is 0 Å². The van der Waals surface area contributed by atoms with Crippen LogP contribution in [0, 0.1) is 11.8 Å². The molecule has 1 aliphatic carbocycles. The molecule has 1 saturated carbocycles. The van der Waals surface area contributed by atoms with Gasteiger partial charge in [-0.15, -0.1) is 0 Å². The van der Waals surface area contributed by atoms with Crippen molar-refractivity contribution in [3.8, 4) is 0 Å². The van der Waals surface area contributed by atoms with Gasteiger partial charge in [0.05, 0.1) is 11.7 Å². The zero-order valence-electron chi connectivity index (χ0n) is 16.8. The highest BCUT2D eigenvalue weighted by atomic mass is 32.2. The Morgan fingerprint density at radius 3 is 2.54 bits per heavy atom. The number of nitrogens with zero attached hydrogens (tertiary/aromatic N) is 1. The fourth-order valence-corrected chi connectivity index (χ4v) is 6.00. The second kappa shape index (κ2) is 10.4. The minimum Gasteiger partial charge on any atom is -0.356 e. The second-order valence-electron chi connectivity index (χ2n) is 8.35. The second-order valence-corrected chi connectivity index (χ2v) is 10.4. The Morgan fingerprint density at radius 2 is 1.79 bits per heavy atom. The van der Waals surface area contributed by atoms with Gasteiger partial charge in [0.25, 0.3) is 0 Å². The monoisotopic (exact) mass is 406 g/mol. The molecule has 1 heterocycles.